The first kappa shape index (κ1) is 25.6. The highest BCUT2D eigenvalue weighted by molar-refractivity contribution is 6.31. The Morgan fingerprint density at radius 3 is 2.75 bits per heavy atom. The van der Waals surface area contributed by atoms with Crippen LogP contribution in [0.25, 0.3) is 17.2 Å². The average Bonchev–Trinajstić information content (AvgIpc) is 2.89. The van der Waals surface area contributed by atoms with Gasteiger partial charge in [0.15, 0.2) is 0 Å². The Kier molecular flexibility index (Phi) is 8.48. The predicted octanol–water partition coefficient (Wildman–Crippen LogP) is 4.55. The lowest BCUT2D eigenvalue weighted by molar-refractivity contribution is -0.131. The van der Waals surface area contributed by atoms with Crippen LogP contribution in [0.4, 0.5) is 21.8 Å². The van der Waals surface area contributed by atoms with E-state index in [1.807, 2.05) is 24.3 Å². The van der Waals surface area contributed by atoms with Gasteiger partial charge in [0.25, 0.3) is 0 Å². The molecule has 2 heterocycles. The van der Waals surface area contributed by atoms with Crippen molar-refractivity contribution in [1.82, 2.24) is 14.9 Å². The molecule has 0 saturated carbocycles. The molecule has 0 unspecified atom stereocenters. The summed E-state index contributed by atoms with van der Waals surface area (Å²) in [6, 6.07) is 11.9. The van der Waals surface area contributed by atoms with E-state index in [0.29, 0.717) is 18.2 Å². The summed E-state index contributed by atoms with van der Waals surface area (Å²) in [4.78, 5) is 24.8. The van der Waals surface area contributed by atoms with Gasteiger partial charge in [0.05, 0.1) is 11.6 Å². The monoisotopic (exact) mass is 511 g/mol. The van der Waals surface area contributed by atoms with E-state index >= 15 is 0 Å². The molecular weight excluding hydrogens is 485 g/mol. The summed E-state index contributed by atoms with van der Waals surface area (Å²) >= 11 is 5.93. The van der Waals surface area contributed by atoms with Gasteiger partial charge in [-0.25, -0.2) is 14.2 Å². The van der Waals surface area contributed by atoms with Crippen molar-refractivity contribution in [2.24, 2.45) is 0 Å². The molecule has 0 atom stereocenters. The summed E-state index contributed by atoms with van der Waals surface area (Å²) in [7, 11) is 1.70. The summed E-state index contributed by atoms with van der Waals surface area (Å²) in [6.07, 6.45) is 4.40. The van der Waals surface area contributed by atoms with Gasteiger partial charge in [-0.3, -0.25) is 4.90 Å². The number of rotatable bonds is 9. The zero-order valence-corrected chi connectivity index (χ0v) is 20.6. The number of anilines is 3. The number of nitrogens with one attached hydrogen (secondary N) is 1. The second-order valence-electron chi connectivity index (χ2n) is 8.30. The molecule has 0 amide bonds. The van der Waals surface area contributed by atoms with Crippen LogP contribution in [0.1, 0.15) is 5.56 Å². The molecule has 1 aliphatic heterocycles. The Morgan fingerprint density at radius 1 is 1.22 bits per heavy atom. The minimum Gasteiger partial charge on any atom is -0.478 e. The van der Waals surface area contributed by atoms with Crippen LogP contribution in [0.3, 0.4) is 0 Å². The maximum absolute atomic E-state index is 13.6. The summed E-state index contributed by atoms with van der Waals surface area (Å²) in [5, 5.41) is 12.1. The third-order valence-corrected chi connectivity index (χ3v) is 6.13. The van der Waals surface area contributed by atoms with Crippen molar-refractivity contribution in [2.45, 2.75) is 0 Å². The SMILES string of the molecule is COCCN1CCN(c2nc(Nc3ccc(F)c(Cl)c3)ncc2-c2cccc(/C=C/C(=O)O)c2)CC1. The van der Waals surface area contributed by atoms with Crippen LogP contribution in [0.2, 0.25) is 5.02 Å². The Morgan fingerprint density at radius 2 is 2.03 bits per heavy atom. The molecule has 2 N–H and O–H groups in total. The molecular formula is C26H27ClFN5O3. The normalized spacial score (nSPS) is 14.4. The maximum atomic E-state index is 13.6. The number of carboxylic acids is 1. The van der Waals surface area contributed by atoms with E-state index in [0.717, 1.165) is 61.3 Å². The second kappa shape index (κ2) is 11.9. The molecule has 188 valence electrons. The molecule has 1 aliphatic rings. The number of nitrogens with zero attached hydrogens (tertiary/aromatic N) is 4. The van der Waals surface area contributed by atoms with Crippen molar-refractivity contribution >= 4 is 41.1 Å². The minimum atomic E-state index is -1.01. The number of aromatic nitrogens is 2. The first-order chi connectivity index (χ1) is 17.4. The van der Waals surface area contributed by atoms with Gasteiger partial charge in [-0.2, -0.15) is 4.98 Å². The van der Waals surface area contributed by atoms with Crippen LogP contribution in [0.5, 0.6) is 0 Å². The van der Waals surface area contributed by atoms with Crippen molar-refractivity contribution in [3.05, 3.63) is 71.1 Å². The van der Waals surface area contributed by atoms with Gasteiger partial charge in [0.1, 0.15) is 11.6 Å². The highest BCUT2D eigenvalue weighted by Gasteiger charge is 2.22. The van der Waals surface area contributed by atoms with Crippen molar-refractivity contribution in [3.63, 3.8) is 0 Å². The summed E-state index contributed by atoms with van der Waals surface area (Å²) in [5.41, 5.74) is 3.03. The largest absolute Gasteiger partial charge is 0.478 e. The summed E-state index contributed by atoms with van der Waals surface area (Å²) in [6.45, 7) is 4.83. The highest BCUT2D eigenvalue weighted by atomic mass is 35.5. The first-order valence-corrected chi connectivity index (χ1v) is 11.9. The van der Waals surface area contributed by atoms with Crippen molar-refractivity contribution in [1.29, 1.82) is 0 Å². The van der Waals surface area contributed by atoms with Gasteiger partial charge in [-0.05, 0) is 41.5 Å². The number of carboxylic acid groups (broad SMARTS) is 1. The number of ether oxygens (including phenoxy) is 1. The fraction of sp³-hybridized carbons (Fsp3) is 0.269. The van der Waals surface area contributed by atoms with Gasteiger partial charge < -0.3 is 20.1 Å². The smallest absolute Gasteiger partial charge is 0.328 e. The molecule has 36 heavy (non-hydrogen) atoms. The van der Waals surface area contributed by atoms with Crippen LogP contribution < -0.4 is 10.2 Å². The quantitative estimate of drug-likeness (QED) is 0.404. The molecule has 0 radical (unpaired) electrons. The lowest BCUT2D eigenvalue weighted by Crippen LogP contribution is -2.47. The lowest BCUT2D eigenvalue weighted by atomic mass is 10.0. The lowest BCUT2D eigenvalue weighted by Gasteiger charge is -2.36. The van der Waals surface area contributed by atoms with Crippen LogP contribution in [0.15, 0.2) is 54.7 Å². The van der Waals surface area contributed by atoms with Crippen molar-refractivity contribution < 1.29 is 19.0 Å². The maximum Gasteiger partial charge on any atom is 0.328 e. The van der Waals surface area contributed by atoms with Gasteiger partial charge in [-0.15, -0.1) is 0 Å². The standard InChI is InChI=1S/C26H27ClFN5O3/c1-36-14-13-32-9-11-33(12-10-32)25-21(19-4-2-3-18(15-19)5-8-24(34)35)17-29-26(31-25)30-20-6-7-23(28)22(27)16-20/h2-8,15-17H,9-14H2,1H3,(H,34,35)(H,29,30,31)/b8-5+. The third kappa shape index (κ3) is 6.57. The van der Waals surface area contributed by atoms with E-state index in [2.05, 4.69) is 20.1 Å². The number of carbonyl (C=O) groups is 1. The Bertz CT molecular complexity index is 1250. The van der Waals surface area contributed by atoms with Crippen LogP contribution in [-0.2, 0) is 9.53 Å². The number of benzene rings is 2. The predicted molar refractivity (Wildman–Crippen MR) is 139 cm³/mol. The molecule has 1 aromatic heterocycles. The average molecular weight is 512 g/mol. The number of hydrogen-bond acceptors (Lipinski definition) is 7. The number of aliphatic carboxylic acids is 1. The summed E-state index contributed by atoms with van der Waals surface area (Å²) in [5.74, 6) is -0.388. The van der Waals surface area contributed by atoms with E-state index in [1.54, 1.807) is 25.4 Å². The molecule has 0 bridgehead atoms. The molecule has 10 heteroatoms. The number of piperazine rings is 1. The third-order valence-electron chi connectivity index (χ3n) is 5.84. The van der Waals surface area contributed by atoms with E-state index in [9.17, 15) is 9.18 Å². The molecule has 0 spiro atoms. The van der Waals surface area contributed by atoms with E-state index in [-0.39, 0.29) is 5.02 Å². The van der Waals surface area contributed by atoms with Gasteiger partial charge in [0.2, 0.25) is 5.95 Å². The van der Waals surface area contributed by atoms with Crippen molar-refractivity contribution in [3.8, 4) is 11.1 Å². The minimum absolute atomic E-state index is 0.00950. The Labute approximate surface area is 214 Å². The van der Waals surface area contributed by atoms with Gasteiger partial charge >= 0.3 is 5.97 Å². The fourth-order valence-corrected chi connectivity index (χ4v) is 4.14. The molecule has 0 aliphatic carbocycles. The molecule has 4 rings (SSSR count). The molecule has 8 nitrogen and oxygen atoms in total. The number of halogens is 2. The molecule has 1 saturated heterocycles. The van der Waals surface area contributed by atoms with E-state index in [4.69, 9.17) is 26.4 Å². The van der Waals surface area contributed by atoms with Gasteiger partial charge in [0, 0.05) is 63.4 Å². The van der Waals surface area contributed by atoms with E-state index in [1.165, 1.54) is 12.1 Å². The van der Waals surface area contributed by atoms with Crippen LogP contribution in [-0.4, -0.2) is 72.4 Å². The first-order valence-electron chi connectivity index (χ1n) is 11.5. The van der Waals surface area contributed by atoms with E-state index < -0.39 is 11.8 Å². The topological polar surface area (TPSA) is 90.8 Å². The molecule has 1 fully saturated rings. The van der Waals surface area contributed by atoms with Gasteiger partial charge in [-0.1, -0.05) is 29.8 Å². The van der Waals surface area contributed by atoms with Crippen LogP contribution in [0, 0.1) is 5.82 Å². The number of hydrogen-bond donors (Lipinski definition) is 2. The van der Waals surface area contributed by atoms with Crippen LogP contribution >= 0.6 is 11.6 Å². The highest BCUT2D eigenvalue weighted by Crippen LogP contribution is 2.32. The molecule has 2 aromatic carbocycles. The Balaban J connectivity index is 1.66. The fourth-order valence-electron chi connectivity index (χ4n) is 3.96. The summed E-state index contributed by atoms with van der Waals surface area (Å²) < 4.78 is 18.8. The zero-order valence-electron chi connectivity index (χ0n) is 19.8. The second-order valence-corrected chi connectivity index (χ2v) is 8.71. The zero-order chi connectivity index (χ0) is 25.5. The van der Waals surface area contributed by atoms with Crippen molar-refractivity contribution in [2.75, 3.05) is 56.7 Å². The number of methoxy groups -OCH3 is 1. The Hall–Kier alpha value is -3.53. The molecule has 3 aromatic rings.